The van der Waals surface area contributed by atoms with Gasteiger partial charge in [-0.3, -0.25) is 14.3 Å². The summed E-state index contributed by atoms with van der Waals surface area (Å²) in [5, 5.41) is 9.32. The number of piperidine rings is 1. The van der Waals surface area contributed by atoms with Gasteiger partial charge in [-0.05, 0) is 69.5 Å². The van der Waals surface area contributed by atoms with Gasteiger partial charge in [0, 0.05) is 36.7 Å². The molecule has 1 fully saturated rings. The zero-order valence-electron chi connectivity index (χ0n) is 17.9. The second-order valence-corrected chi connectivity index (χ2v) is 8.76. The van der Waals surface area contributed by atoms with E-state index in [9.17, 15) is 4.79 Å². The van der Waals surface area contributed by atoms with E-state index >= 15 is 0 Å². The summed E-state index contributed by atoms with van der Waals surface area (Å²) in [5.41, 5.74) is 1.78. The van der Waals surface area contributed by atoms with Crippen LogP contribution in [0.3, 0.4) is 0 Å². The van der Waals surface area contributed by atoms with Crippen LogP contribution in [0, 0.1) is 0 Å². The van der Waals surface area contributed by atoms with Crippen LogP contribution in [0.15, 0.2) is 53.9 Å². The Balaban J connectivity index is 1.65. The number of aromatic nitrogens is 4. The number of thioether (sulfide) groups is 1. The van der Waals surface area contributed by atoms with Crippen LogP contribution in [0.4, 0.5) is 0 Å². The Morgan fingerprint density at radius 3 is 2.58 bits per heavy atom. The van der Waals surface area contributed by atoms with Gasteiger partial charge in [0.1, 0.15) is 5.75 Å². The molecular weight excluding hydrogens is 410 g/mol. The second kappa shape index (κ2) is 9.96. The lowest BCUT2D eigenvalue weighted by molar-refractivity contribution is -0.131. The fourth-order valence-corrected chi connectivity index (χ4v) is 4.65. The highest BCUT2D eigenvalue weighted by molar-refractivity contribution is 8.00. The van der Waals surface area contributed by atoms with Gasteiger partial charge in [-0.15, -0.1) is 10.2 Å². The summed E-state index contributed by atoms with van der Waals surface area (Å²) in [6.07, 6.45) is 6.86. The number of rotatable bonds is 7. The summed E-state index contributed by atoms with van der Waals surface area (Å²) in [4.78, 5) is 19.2. The quantitative estimate of drug-likeness (QED) is 0.515. The number of hydrogen-bond acceptors (Lipinski definition) is 6. The Morgan fingerprint density at radius 1 is 1.13 bits per heavy atom. The van der Waals surface area contributed by atoms with E-state index in [0.29, 0.717) is 17.6 Å². The van der Waals surface area contributed by atoms with E-state index in [4.69, 9.17) is 4.74 Å². The summed E-state index contributed by atoms with van der Waals surface area (Å²) >= 11 is 1.44. The molecule has 0 radical (unpaired) electrons. The van der Waals surface area contributed by atoms with Crippen LogP contribution in [0.25, 0.3) is 17.1 Å². The molecule has 1 saturated heterocycles. The predicted octanol–water partition coefficient (Wildman–Crippen LogP) is 4.22. The molecule has 1 aliphatic heterocycles. The molecule has 1 unspecified atom stereocenters. The number of ether oxygens (including phenoxy) is 1. The maximum absolute atomic E-state index is 13.0. The molecule has 0 bridgehead atoms. The molecular formula is C23H27N5O2S. The SMILES string of the molecule is CCOc1ccc(-n2c(SC(C)C(=O)N3CCCCC3)nnc2-c2cccnc2)cc1. The predicted molar refractivity (Wildman–Crippen MR) is 122 cm³/mol. The van der Waals surface area contributed by atoms with Crippen molar-refractivity contribution in [1.82, 2.24) is 24.6 Å². The Morgan fingerprint density at radius 2 is 1.90 bits per heavy atom. The minimum absolute atomic E-state index is 0.161. The van der Waals surface area contributed by atoms with Crippen molar-refractivity contribution in [3.05, 3.63) is 48.8 Å². The Bertz CT molecular complexity index is 1000. The van der Waals surface area contributed by atoms with Gasteiger partial charge in [-0.1, -0.05) is 11.8 Å². The first-order valence-electron chi connectivity index (χ1n) is 10.7. The maximum Gasteiger partial charge on any atom is 0.235 e. The van der Waals surface area contributed by atoms with E-state index in [2.05, 4.69) is 15.2 Å². The van der Waals surface area contributed by atoms with Gasteiger partial charge < -0.3 is 9.64 Å². The number of nitrogens with zero attached hydrogens (tertiary/aromatic N) is 5. The third kappa shape index (κ3) is 4.90. The summed E-state index contributed by atoms with van der Waals surface area (Å²) in [5.74, 6) is 1.66. The maximum atomic E-state index is 13.0. The molecule has 1 amide bonds. The highest BCUT2D eigenvalue weighted by Gasteiger charge is 2.26. The monoisotopic (exact) mass is 437 g/mol. The fourth-order valence-electron chi connectivity index (χ4n) is 3.70. The van der Waals surface area contributed by atoms with Crippen molar-refractivity contribution in [3.63, 3.8) is 0 Å². The normalized spacial score (nSPS) is 15.0. The standard InChI is InChI=1S/C23H27N5O2S/c1-3-30-20-11-9-19(10-12-20)28-21(18-8-7-13-24-16-18)25-26-23(28)31-17(2)22(29)27-14-5-4-6-15-27/h7-13,16-17H,3-6,14-15H2,1-2H3. The molecule has 4 rings (SSSR count). The molecule has 0 spiro atoms. The third-order valence-corrected chi connectivity index (χ3v) is 6.29. The first-order valence-corrected chi connectivity index (χ1v) is 11.6. The summed E-state index contributed by atoms with van der Waals surface area (Å²) < 4.78 is 7.56. The van der Waals surface area contributed by atoms with E-state index in [1.807, 2.05) is 59.7 Å². The molecule has 1 aromatic carbocycles. The van der Waals surface area contributed by atoms with Gasteiger partial charge in [-0.25, -0.2) is 0 Å². The van der Waals surface area contributed by atoms with Crippen molar-refractivity contribution in [2.75, 3.05) is 19.7 Å². The van der Waals surface area contributed by atoms with E-state index in [-0.39, 0.29) is 11.2 Å². The molecule has 0 saturated carbocycles. The van der Waals surface area contributed by atoms with Crippen LogP contribution in [0.1, 0.15) is 33.1 Å². The Hall–Kier alpha value is -2.87. The summed E-state index contributed by atoms with van der Waals surface area (Å²) in [6.45, 7) is 6.21. The first-order chi connectivity index (χ1) is 15.2. The van der Waals surface area contributed by atoms with Gasteiger partial charge in [0.05, 0.1) is 11.9 Å². The van der Waals surface area contributed by atoms with E-state index in [0.717, 1.165) is 42.9 Å². The number of likely N-dealkylation sites (tertiary alicyclic amines) is 1. The number of pyridine rings is 1. The van der Waals surface area contributed by atoms with Crippen LogP contribution in [0.2, 0.25) is 0 Å². The van der Waals surface area contributed by atoms with Crippen LogP contribution in [-0.4, -0.2) is 55.5 Å². The van der Waals surface area contributed by atoms with Gasteiger partial charge in [0.2, 0.25) is 5.91 Å². The summed E-state index contributed by atoms with van der Waals surface area (Å²) in [7, 11) is 0. The number of carbonyl (C=O) groups excluding carboxylic acids is 1. The van der Waals surface area contributed by atoms with Crippen molar-refractivity contribution in [3.8, 4) is 22.8 Å². The van der Waals surface area contributed by atoms with Crippen LogP contribution >= 0.6 is 11.8 Å². The second-order valence-electron chi connectivity index (χ2n) is 7.46. The van der Waals surface area contributed by atoms with E-state index in [1.165, 1.54) is 18.2 Å². The molecule has 162 valence electrons. The smallest absolute Gasteiger partial charge is 0.235 e. The van der Waals surface area contributed by atoms with Crippen molar-refractivity contribution in [2.45, 2.75) is 43.5 Å². The molecule has 8 heteroatoms. The Labute approximate surface area is 186 Å². The van der Waals surface area contributed by atoms with Gasteiger partial charge in [0.15, 0.2) is 11.0 Å². The van der Waals surface area contributed by atoms with Crippen LogP contribution < -0.4 is 4.74 Å². The topological polar surface area (TPSA) is 73.1 Å². The number of benzene rings is 1. The fraction of sp³-hybridized carbons (Fsp3) is 0.391. The molecule has 31 heavy (non-hydrogen) atoms. The molecule has 3 aromatic rings. The van der Waals surface area contributed by atoms with Crippen molar-refractivity contribution in [2.24, 2.45) is 0 Å². The van der Waals surface area contributed by atoms with Gasteiger partial charge in [0.25, 0.3) is 0 Å². The first kappa shape index (κ1) is 21.4. The molecule has 7 nitrogen and oxygen atoms in total. The Kier molecular flexibility index (Phi) is 6.86. The number of amides is 1. The average Bonchev–Trinajstić information content (AvgIpc) is 3.24. The number of carbonyl (C=O) groups is 1. The highest BCUT2D eigenvalue weighted by atomic mass is 32.2. The highest BCUT2D eigenvalue weighted by Crippen LogP contribution is 2.31. The molecule has 2 aromatic heterocycles. The average molecular weight is 438 g/mol. The minimum Gasteiger partial charge on any atom is -0.494 e. The molecule has 0 aliphatic carbocycles. The van der Waals surface area contributed by atoms with E-state index in [1.54, 1.807) is 12.4 Å². The lowest BCUT2D eigenvalue weighted by Crippen LogP contribution is -2.40. The lowest BCUT2D eigenvalue weighted by atomic mass is 10.1. The molecule has 1 atom stereocenters. The largest absolute Gasteiger partial charge is 0.494 e. The zero-order valence-corrected chi connectivity index (χ0v) is 18.7. The minimum atomic E-state index is -0.245. The zero-order chi connectivity index (χ0) is 21.6. The van der Waals surface area contributed by atoms with Gasteiger partial charge in [-0.2, -0.15) is 0 Å². The van der Waals surface area contributed by atoms with Crippen molar-refractivity contribution in [1.29, 1.82) is 0 Å². The van der Waals surface area contributed by atoms with Crippen LogP contribution in [-0.2, 0) is 4.79 Å². The summed E-state index contributed by atoms with van der Waals surface area (Å²) in [6, 6.07) is 11.7. The van der Waals surface area contributed by atoms with Crippen LogP contribution in [0.5, 0.6) is 5.75 Å². The number of hydrogen-bond donors (Lipinski definition) is 0. The van der Waals surface area contributed by atoms with E-state index < -0.39 is 0 Å². The van der Waals surface area contributed by atoms with Crippen molar-refractivity contribution < 1.29 is 9.53 Å². The van der Waals surface area contributed by atoms with Crippen molar-refractivity contribution >= 4 is 17.7 Å². The van der Waals surface area contributed by atoms with Gasteiger partial charge >= 0.3 is 0 Å². The molecule has 0 N–H and O–H groups in total. The lowest BCUT2D eigenvalue weighted by Gasteiger charge is -2.28. The molecule has 1 aliphatic rings. The molecule has 3 heterocycles. The third-order valence-electron chi connectivity index (χ3n) is 5.26.